The van der Waals surface area contributed by atoms with Gasteiger partial charge >= 0.3 is 0 Å². The summed E-state index contributed by atoms with van der Waals surface area (Å²) in [7, 11) is 1.63. The van der Waals surface area contributed by atoms with Gasteiger partial charge in [-0.1, -0.05) is 11.2 Å². The third-order valence-electron chi connectivity index (χ3n) is 4.18. The van der Waals surface area contributed by atoms with E-state index >= 15 is 0 Å². The molecule has 6 nitrogen and oxygen atoms in total. The van der Waals surface area contributed by atoms with Gasteiger partial charge in [-0.15, -0.1) is 0 Å². The van der Waals surface area contributed by atoms with E-state index in [1.165, 1.54) is 0 Å². The van der Waals surface area contributed by atoms with Crippen LogP contribution in [0, 0.1) is 0 Å². The van der Waals surface area contributed by atoms with Crippen molar-refractivity contribution >= 4 is 5.91 Å². The zero-order chi connectivity index (χ0) is 16.9. The molecule has 0 radical (unpaired) electrons. The van der Waals surface area contributed by atoms with Gasteiger partial charge in [0.15, 0.2) is 0 Å². The number of amides is 1. The smallest absolute Gasteiger partial charge is 0.246 e. The summed E-state index contributed by atoms with van der Waals surface area (Å²) in [4.78, 5) is 18.4. The predicted molar refractivity (Wildman–Crippen MR) is 89.7 cm³/mol. The summed E-state index contributed by atoms with van der Waals surface area (Å²) in [5.41, 5.74) is 0.878. The SMILES string of the molecule is C/C=C/C(=O)N1CCCC(c2nc(-c3ccc(OC)cc3)no2)C1. The largest absolute Gasteiger partial charge is 0.497 e. The number of rotatable bonds is 4. The lowest BCUT2D eigenvalue weighted by Gasteiger charge is -2.30. The number of hydrogen-bond acceptors (Lipinski definition) is 5. The molecule has 1 amide bonds. The molecule has 1 saturated heterocycles. The molecule has 0 saturated carbocycles. The molecule has 1 aliphatic heterocycles. The van der Waals surface area contributed by atoms with Gasteiger partial charge in [0.25, 0.3) is 0 Å². The second kappa shape index (κ2) is 7.29. The molecule has 1 unspecified atom stereocenters. The van der Waals surface area contributed by atoms with Crippen molar-refractivity contribution in [1.29, 1.82) is 0 Å². The van der Waals surface area contributed by atoms with Crippen LogP contribution in [0.5, 0.6) is 5.75 Å². The van der Waals surface area contributed by atoms with Gasteiger partial charge in [0.2, 0.25) is 17.6 Å². The van der Waals surface area contributed by atoms with Crippen molar-refractivity contribution in [3.8, 4) is 17.1 Å². The maximum absolute atomic E-state index is 12.0. The van der Waals surface area contributed by atoms with E-state index in [0.717, 1.165) is 30.7 Å². The van der Waals surface area contributed by atoms with Crippen molar-refractivity contribution in [3.05, 3.63) is 42.3 Å². The summed E-state index contributed by atoms with van der Waals surface area (Å²) < 4.78 is 10.6. The Hall–Kier alpha value is -2.63. The van der Waals surface area contributed by atoms with Crippen LogP contribution >= 0.6 is 0 Å². The molecule has 1 aliphatic rings. The molecule has 0 bridgehead atoms. The molecular formula is C18H21N3O3. The number of carbonyl (C=O) groups is 1. The molecule has 1 aromatic heterocycles. The number of hydrogen-bond donors (Lipinski definition) is 0. The van der Waals surface area contributed by atoms with Crippen LogP contribution in [0.4, 0.5) is 0 Å². The number of likely N-dealkylation sites (tertiary alicyclic amines) is 1. The maximum Gasteiger partial charge on any atom is 0.246 e. The third-order valence-corrected chi connectivity index (χ3v) is 4.18. The van der Waals surface area contributed by atoms with Gasteiger partial charge in [0.1, 0.15) is 5.75 Å². The van der Waals surface area contributed by atoms with Crippen LogP contribution in [-0.2, 0) is 4.79 Å². The average molecular weight is 327 g/mol. The number of ether oxygens (including phenoxy) is 1. The van der Waals surface area contributed by atoms with Gasteiger partial charge in [0, 0.05) is 18.7 Å². The van der Waals surface area contributed by atoms with Crippen LogP contribution in [0.1, 0.15) is 31.6 Å². The normalized spacial score (nSPS) is 18.1. The first-order valence-electron chi connectivity index (χ1n) is 8.11. The topological polar surface area (TPSA) is 68.5 Å². The van der Waals surface area contributed by atoms with Crippen molar-refractivity contribution in [1.82, 2.24) is 15.0 Å². The molecule has 2 aromatic rings. The van der Waals surface area contributed by atoms with E-state index in [2.05, 4.69) is 10.1 Å². The van der Waals surface area contributed by atoms with Gasteiger partial charge in [-0.05, 0) is 50.1 Å². The standard InChI is InChI=1S/C18H21N3O3/c1-3-5-16(22)21-11-4-6-14(12-21)18-19-17(20-24-18)13-7-9-15(23-2)10-8-13/h3,5,7-10,14H,4,6,11-12H2,1-2H3/b5-3+. The Bertz CT molecular complexity index is 721. The summed E-state index contributed by atoms with van der Waals surface area (Å²) >= 11 is 0. The minimum absolute atomic E-state index is 0.0390. The molecule has 0 aliphatic carbocycles. The Morgan fingerprint density at radius 1 is 1.38 bits per heavy atom. The molecule has 0 N–H and O–H groups in total. The lowest BCUT2D eigenvalue weighted by molar-refractivity contribution is -0.127. The Morgan fingerprint density at radius 2 is 2.17 bits per heavy atom. The first kappa shape index (κ1) is 16.2. The Labute approximate surface area is 141 Å². The van der Waals surface area contributed by atoms with Crippen molar-refractivity contribution in [2.45, 2.75) is 25.7 Å². The molecule has 1 aromatic carbocycles. The molecule has 126 valence electrons. The van der Waals surface area contributed by atoms with Crippen LogP contribution in [-0.4, -0.2) is 41.1 Å². The molecule has 2 heterocycles. The second-order valence-electron chi connectivity index (χ2n) is 5.81. The van der Waals surface area contributed by atoms with Gasteiger partial charge in [-0.25, -0.2) is 0 Å². The summed E-state index contributed by atoms with van der Waals surface area (Å²) in [6, 6.07) is 7.53. The lowest BCUT2D eigenvalue weighted by Crippen LogP contribution is -2.38. The zero-order valence-electron chi connectivity index (χ0n) is 13.9. The fourth-order valence-electron chi connectivity index (χ4n) is 2.89. The van der Waals surface area contributed by atoms with Crippen LogP contribution in [0.2, 0.25) is 0 Å². The monoisotopic (exact) mass is 327 g/mol. The number of methoxy groups -OCH3 is 1. The van der Waals surface area contributed by atoms with E-state index in [1.54, 1.807) is 19.3 Å². The van der Waals surface area contributed by atoms with Crippen LogP contribution < -0.4 is 4.74 Å². The number of benzene rings is 1. The van der Waals surface area contributed by atoms with Crippen molar-refractivity contribution < 1.29 is 14.1 Å². The Morgan fingerprint density at radius 3 is 2.88 bits per heavy atom. The minimum Gasteiger partial charge on any atom is -0.497 e. The van der Waals surface area contributed by atoms with Gasteiger partial charge < -0.3 is 14.2 Å². The van der Waals surface area contributed by atoms with Crippen molar-refractivity contribution in [2.24, 2.45) is 0 Å². The third kappa shape index (κ3) is 3.48. The highest BCUT2D eigenvalue weighted by molar-refractivity contribution is 5.87. The van der Waals surface area contributed by atoms with E-state index in [4.69, 9.17) is 9.26 Å². The van der Waals surface area contributed by atoms with Crippen molar-refractivity contribution in [2.75, 3.05) is 20.2 Å². The Kier molecular flexibility index (Phi) is 4.93. The molecule has 3 rings (SSSR count). The van der Waals surface area contributed by atoms with E-state index in [1.807, 2.05) is 36.1 Å². The van der Waals surface area contributed by atoms with Crippen molar-refractivity contribution in [3.63, 3.8) is 0 Å². The first-order valence-corrected chi connectivity index (χ1v) is 8.11. The highest BCUT2D eigenvalue weighted by Crippen LogP contribution is 2.28. The number of carbonyl (C=O) groups excluding carboxylic acids is 1. The molecular weight excluding hydrogens is 306 g/mol. The lowest BCUT2D eigenvalue weighted by atomic mass is 9.98. The van der Waals surface area contributed by atoms with Gasteiger partial charge in [-0.3, -0.25) is 4.79 Å². The molecule has 1 atom stereocenters. The van der Waals surface area contributed by atoms with Crippen LogP contribution in [0.3, 0.4) is 0 Å². The summed E-state index contributed by atoms with van der Waals surface area (Å²) in [5, 5.41) is 4.08. The van der Waals surface area contributed by atoms with E-state index in [9.17, 15) is 4.79 Å². The highest BCUT2D eigenvalue weighted by atomic mass is 16.5. The predicted octanol–water partition coefficient (Wildman–Crippen LogP) is 3.03. The van der Waals surface area contributed by atoms with Crippen LogP contribution in [0.15, 0.2) is 40.9 Å². The molecule has 0 spiro atoms. The van der Waals surface area contributed by atoms with Gasteiger partial charge in [0.05, 0.1) is 13.0 Å². The van der Waals surface area contributed by atoms with Crippen LogP contribution in [0.25, 0.3) is 11.4 Å². The summed E-state index contributed by atoms with van der Waals surface area (Å²) in [6.07, 6.45) is 5.25. The maximum atomic E-state index is 12.0. The quantitative estimate of drug-likeness (QED) is 0.807. The number of nitrogens with zero attached hydrogens (tertiary/aromatic N) is 3. The average Bonchev–Trinajstić information content (AvgIpc) is 3.12. The van der Waals surface area contributed by atoms with E-state index in [0.29, 0.717) is 18.3 Å². The number of allylic oxidation sites excluding steroid dienone is 1. The molecule has 1 fully saturated rings. The second-order valence-corrected chi connectivity index (χ2v) is 5.81. The van der Waals surface area contributed by atoms with E-state index < -0.39 is 0 Å². The fourth-order valence-corrected chi connectivity index (χ4v) is 2.89. The minimum atomic E-state index is 0.0390. The van der Waals surface area contributed by atoms with E-state index in [-0.39, 0.29) is 11.8 Å². The first-order chi connectivity index (χ1) is 11.7. The van der Waals surface area contributed by atoms with Gasteiger partial charge in [-0.2, -0.15) is 4.98 Å². The summed E-state index contributed by atoms with van der Waals surface area (Å²) in [5.74, 6) is 2.07. The molecule has 6 heteroatoms. The number of aromatic nitrogens is 2. The highest BCUT2D eigenvalue weighted by Gasteiger charge is 2.27. The fraction of sp³-hybridized carbons (Fsp3) is 0.389. The zero-order valence-corrected chi connectivity index (χ0v) is 13.9. The molecule has 24 heavy (non-hydrogen) atoms. The summed E-state index contributed by atoms with van der Waals surface area (Å²) in [6.45, 7) is 3.24. The number of piperidine rings is 1. The Balaban J connectivity index is 1.73.